The maximum atomic E-state index is 13.0. The molecule has 2 nitrogen and oxygen atoms in total. The van der Waals surface area contributed by atoms with Crippen molar-refractivity contribution in [3.8, 4) is 11.1 Å². The Labute approximate surface area is 157 Å². The lowest BCUT2D eigenvalue weighted by Gasteiger charge is -2.06. The minimum absolute atomic E-state index is 0.00818. The van der Waals surface area contributed by atoms with E-state index in [1.54, 1.807) is 0 Å². The van der Waals surface area contributed by atoms with E-state index < -0.39 is 0 Å². The molecule has 0 aliphatic rings. The van der Waals surface area contributed by atoms with Crippen LogP contribution in [0.2, 0.25) is 0 Å². The van der Waals surface area contributed by atoms with Gasteiger partial charge >= 0.3 is 0 Å². The summed E-state index contributed by atoms with van der Waals surface area (Å²) >= 11 is 0. The Kier molecular flexibility index (Phi) is 3.61. The van der Waals surface area contributed by atoms with E-state index in [1.807, 2.05) is 66.7 Å². The predicted octanol–water partition coefficient (Wildman–Crippen LogP) is 6.22. The van der Waals surface area contributed by atoms with Gasteiger partial charge in [-0.1, -0.05) is 72.8 Å². The molecular formula is C25H17NO. The van der Waals surface area contributed by atoms with Crippen LogP contribution in [-0.4, -0.2) is 10.8 Å². The number of aromatic nitrogens is 1. The van der Waals surface area contributed by atoms with Gasteiger partial charge in [-0.05, 0) is 46.2 Å². The molecule has 0 fully saturated rings. The summed E-state index contributed by atoms with van der Waals surface area (Å²) in [6, 6.07) is 32.4. The first-order chi connectivity index (χ1) is 13.3. The highest BCUT2D eigenvalue weighted by atomic mass is 16.1. The highest BCUT2D eigenvalue weighted by Gasteiger charge is 2.13. The summed E-state index contributed by atoms with van der Waals surface area (Å²) in [6.45, 7) is 0. The fourth-order valence-corrected chi connectivity index (χ4v) is 3.56. The van der Waals surface area contributed by atoms with Gasteiger partial charge in [0.1, 0.15) is 0 Å². The Morgan fingerprint density at radius 1 is 0.593 bits per heavy atom. The van der Waals surface area contributed by atoms with Gasteiger partial charge in [0, 0.05) is 16.5 Å². The van der Waals surface area contributed by atoms with Crippen LogP contribution in [0.3, 0.4) is 0 Å². The van der Waals surface area contributed by atoms with Crippen LogP contribution in [0.4, 0.5) is 0 Å². The number of H-pyrrole nitrogens is 1. The van der Waals surface area contributed by atoms with E-state index in [0.29, 0.717) is 11.3 Å². The molecule has 5 aromatic rings. The van der Waals surface area contributed by atoms with Crippen molar-refractivity contribution in [2.24, 2.45) is 0 Å². The molecule has 0 amide bonds. The van der Waals surface area contributed by atoms with Crippen molar-refractivity contribution in [1.82, 2.24) is 4.98 Å². The van der Waals surface area contributed by atoms with Crippen molar-refractivity contribution in [3.63, 3.8) is 0 Å². The average Bonchev–Trinajstić information content (AvgIpc) is 3.17. The van der Waals surface area contributed by atoms with Gasteiger partial charge in [0.25, 0.3) is 0 Å². The SMILES string of the molecule is O=C(c1cccc(-c2ccc3ccccc3c2)c1)c1cc2ccccc2[nH]1. The van der Waals surface area contributed by atoms with Crippen LogP contribution in [0, 0.1) is 0 Å². The Bertz CT molecular complexity index is 1260. The Hall–Kier alpha value is -3.65. The quantitative estimate of drug-likeness (QED) is 0.386. The molecule has 1 heterocycles. The second-order valence-electron chi connectivity index (χ2n) is 6.74. The molecule has 0 atom stereocenters. The molecule has 0 radical (unpaired) electrons. The molecule has 1 aromatic heterocycles. The van der Waals surface area contributed by atoms with E-state index in [9.17, 15) is 4.79 Å². The second-order valence-corrected chi connectivity index (χ2v) is 6.74. The number of aromatic amines is 1. The van der Waals surface area contributed by atoms with E-state index in [-0.39, 0.29) is 5.78 Å². The van der Waals surface area contributed by atoms with Crippen molar-refractivity contribution in [1.29, 1.82) is 0 Å². The summed E-state index contributed by atoms with van der Waals surface area (Å²) in [5, 5.41) is 3.46. The third kappa shape index (κ3) is 2.81. The molecule has 27 heavy (non-hydrogen) atoms. The van der Waals surface area contributed by atoms with Gasteiger partial charge in [-0.15, -0.1) is 0 Å². The number of para-hydroxylation sites is 1. The van der Waals surface area contributed by atoms with Gasteiger partial charge in [0.2, 0.25) is 5.78 Å². The van der Waals surface area contributed by atoms with E-state index >= 15 is 0 Å². The van der Waals surface area contributed by atoms with Crippen LogP contribution in [0.5, 0.6) is 0 Å². The predicted molar refractivity (Wildman–Crippen MR) is 111 cm³/mol. The van der Waals surface area contributed by atoms with Crippen LogP contribution in [0.25, 0.3) is 32.8 Å². The lowest BCUT2D eigenvalue weighted by molar-refractivity contribution is 0.103. The van der Waals surface area contributed by atoms with Crippen molar-refractivity contribution < 1.29 is 4.79 Å². The third-order valence-corrected chi connectivity index (χ3v) is 4.98. The van der Waals surface area contributed by atoms with Gasteiger partial charge in [-0.2, -0.15) is 0 Å². The molecule has 0 bridgehead atoms. The molecular weight excluding hydrogens is 330 g/mol. The molecule has 128 valence electrons. The molecule has 1 N–H and O–H groups in total. The zero-order chi connectivity index (χ0) is 18.2. The molecule has 0 aliphatic carbocycles. The molecule has 0 saturated carbocycles. The number of ketones is 1. The summed E-state index contributed by atoms with van der Waals surface area (Å²) in [5.41, 5.74) is 4.44. The summed E-state index contributed by atoms with van der Waals surface area (Å²) in [4.78, 5) is 16.2. The van der Waals surface area contributed by atoms with Crippen molar-refractivity contribution in [3.05, 3.63) is 108 Å². The summed E-state index contributed by atoms with van der Waals surface area (Å²) < 4.78 is 0. The zero-order valence-corrected chi connectivity index (χ0v) is 14.6. The molecule has 2 heteroatoms. The number of carbonyl (C=O) groups is 1. The first-order valence-electron chi connectivity index (χ1n) is 9.00. The average molecular weight is 347 g/mol. The van der Waals surface area contributed by atoms with Crippen LogP contribution in [-0.2, 0) is 0 Å². The maximum absolute atomic E-state index is 13.0. The summed E-state index contributed by atoms with van der Waals surface area (Å²) in [6.07, 6.45) is 0. The molecule has 0 spiro atoms. The first-order valence-corrected chi connectivity index (χ1v) is 9.00. The molecule has 0 unspecified atom stereocenters. The number of hydrogen-bond donors (Lipinski definition) is 1. The largest absolute Gasteiger partial charge is 0.352 e. The number of nitrogens with one attached hydrogen (secondary N) is 1. The highest BCUT2D eigenvalue weighted by molar-refractivity contribution is 6.10. The normalized spacial score (nSPS) is 11.1. The van der Waals surface area contributed by atoms with Crippen molar-refractivity contribution in [2.45, 2.75) is 0 Å². The van der Waals surface area contributed by atoms with E-state index in [2.05, 4.69) is 35.3 Å². The molecule has 0 aliphatic heterocycles. The van der Waals surface area contributed by atoms with Crippen LogP contribution in [0.15, 0.2) is 97.1 Å². The van der Waals surface area contributed by atoms with Crippen molar-refractivity contribution in [2.75, 3.05) is 0 Å². The first kappa shape index (κ1) is 15.6. The number of hydrogen-bond acceptors (Lipinski definition) is 1. The van der Waals surface area contributed by atoms with E-state index in [4.69, 9.17) is 0 Å². The summed E-state index contributed by atoms with van der Waals surface area (Å²) in [5.74, 6) is 0.00818. The van der Waals surface area contributed by atoms with Gasteiger partial charge in [-0.25, -0.2) is 0 Å². The Morgan fingerprint density at radius 2 is 1.33 bits per heavy atom. The number of benzene rings is 4. The van der Waals surface area contributed by atoms with Crippen LogP contribution < -0.4 is 0 Å². The fraction of sp³-hybridized carbons (Fsp3) is 0. The number of rotatable bonds is 3. The lowest BCUT2D eigenvalue weighted by Crippen LogP contribution is -2.01. The lowest BCUT2D eigenvalue weighted by atomic mass is 9.98. The fourth-order valence-electron chi connectivity index (χ4n) is 3.56. The minimum Gasteiger partial charge on any atom is -0.352 e. The summed E-state index contributed by atoms with van der Waals surface area (Å²) in [7, 11) is 0. The highest BCUT2D eigenvalue weighted by Crippen LogP contribution is 2.26. The van der Waals surface area contributed by atoms with Gasteiger partial charge in [0.05, 0.1) is 5.69 Å². The Morgan fingerprint density at radius 3 is 2.19 bits per heavy atom. The zero-order valence-electron chi connectivity index (χ0n) is 14.6. The van der Waals surface area contributed by atoms with Gasteiger partial charge < -0.3 is 4.98 Å². The van der Waals surface area contributed by atoms with E-state index in [0.717, 1.165) is 22.0 Å². The van der Waals surface area contributed by atoms with Crippen LogP contribution >= 0.6 is 0 Å². The smallest absolute Gasteiger partial charge is 0.209 e. The second kappa shape index (κ2) is 6.26. The Balaban J connectivity index is 1.55. The molecule has 4 aromatic carbocycles. The number of carbonyl (C=O) groups excluding carboxylic acids is 1. The van der Waals surface area contributed by atoms with Gasteiger partial charge in [-0.3, -0.25) is 4.79 Å². The van der Waals surface area contributed by atoms with Crippen molar-refractivity contribution >= 4 is 27.5 Å². The van der Waals surface area contributed by atoms with E-state index in [1.165, 1.54) is 10.8 Å². The molecule has 0 saturated heterocycles. The van der Waals surface area contributed by atoms with Crippen LogP contribution in [0.1, 0.15) is 16.1 Å². The monoisotopic (exact) mass is 347 g/mol. The minimum atomic E-state index is 0.00818. The molecule has 5 rings (SSSR count). The maximum Gasteiger partial charge on any atom is 0.209 e. The standard InChI is InChI=1S/C25H17NO/c27-25(24-16-21-8-3-4-11-23(21)26-24)22-10-5-9-19(15-22)20-13-12-17-6-1-2-7-18(17)14-20/h1-16,26H. The van der Waals surface area contributed by atoms with Gasteiger partial charge in [0.15, 0.2) is 0 Å². The third-order valence-electron chi connectivity index (χ3n) is 4.98. The topological polar surface area (TPSA) is 32.9 Å². The number of fused-ring (bicyclic) bond motifs is 2.